The third kappa shape index (κ3) is 8.12. The molecule has 0 radical (unpaired) electrons. The lowest BCUT2D eigenvalue weighted by molar-refractivity contribution is -0.138. The Morgan fingerprint density at radius 3 is 2.41 bits per heavy atom. The maximum absolute atomic E-state index is 13.6. The molecule has 230 valence electrons. The second kappa shape index (κ2) is 14.5. The van der Waals surface area contributed by atoms with E-state index in [9.17, 15) is 18.3 Å². The number of thiol groups is 1. The number of benzene rings is 2. The van der Waals surface area contributed by atoms with Crippen molar-refractivity contribution in [3.8, 4) is 5.75 Å². The first kappa shape index (κ1) is 33.6. The normalized spacial score (nSPS) is 20.1. The fourth-order valence-corrected chi connectivity index (χ4v) is 6.33. The van der Waals surface area contributed by atoms with E-state index in [1.165, 1.54) is 18.6 Å². The lowest BCUT2D eigenvalue weighted by atomic mass is 10.00. The molecular formula is C32H48F3N3O2S. The van der Waals surface area contributed by atoms with Crippen LogP contribution in [0.5, 0.6) is 5.75 Å². The Morgan fingerprint density at radius 1 is 1.07 bits per heavy atom. The first-order valence-electron chi connectivity index (χ1n) is 14.9. The van der Waals surface area contributed by atoms with Crippen LogP contribution in [0, 0.1) is 6.92 Å². The molecule has 2 aromatic rings. The molecule has 1 heterocycles. The minimum Gasteiger partial charge on any atom is -0.494 e. The first-order valence-corrected chi connectivity index (χ1v) is 15.4. The number of unbranched alkanes of at least 4 members (excludes halogenated alkanes) is 1. The second-order valence-electron chi connectivity index (χ2n) is 11.6. The Bertz CT molecular complexity index is 1110. The minimum absolute atomic E-state index is 0.149. The van der Waals surface area contributed by atoms with Gasteiger partial charge < -0.3 is 20.1 Å². The van der Waals surface area contributed by atoms with E-state index in [1.807, 2.05) is 30.9 Å². The molecule has 2 N–H and O–H groups in total. The average molecular weight is 596 g/mol. The maximum atomic E-state index is 13.6. The summed E-state index contributed by atoms with van der Waals surface area (Å²) >= 11 is 4.74. The highest BCUT2D eigenvalue weighted by atomic mass is 32.1. The van der Waals surface area contributed by atoms with E-state index < -0.39 is 29.0 Å². The number of hydrogen-bond donors (Lipinski definition) is 3. The Balaban J connectivity index is 1.59. The quantitative estimate of drug-likeness (QED) is 0.153. The van der Waals surface area contributed by atoms with Crippen LogP contribution < -0.4 is 15.0 Å². The molecule has 1 aliphatic rings. The number of hydrogen-bond acceptors (Lipinski definition) is 6. The van der Waals surface area contributed by atoms with Crippen LogP contribution in [-0.4, -0.2) is 46.5 Å². The van der Waals surface area contributed by atoms with Gasteiger partial charge in [0.2, 0.25) is 0 Å². The van der Waals surface area contributed by atoms with Crippen molar-refractivity contribution in [2.75, 3.05) is 18.1 Å². The van der Waals surface area contributed by atoms with Crippen LogP contribution in [0.3, 0.4) is 0 Å². The van der Waals surface area contributed by atoms with Crippen molar-refractivity contribution >= 4 is 18.3 Å². The summed E-state index contributed by atoms with van der Waals surface area (Å²) in [6, 6.07) is 13.3. The molecule has 2 aromatic carbocycles. The van der Waals surface area contributed by atoms with Crippen LogP contribution >= 0.6 is 12.6 Å². The van der Waals surface area contributed by atoms with Gasteiger partial charge in [0.05, 0.1) is 17.7 Å². The summed E-state index contributed by atoms with van der Waals surface area (Å²) in [6.45, 7) is 13.0. The van der Waals surface area contributed by atoms with Gasteiger partial charge in [-0.1, -0.05) is 45.4 Å². The number of aliphatic hydroxyl groups is 1. The molecule has 5 nitrogen and oxygen atoms in total. The lowest BCUT2D eigenvalue weighted by Gasteiger charge is -2.33. The van der Waals surface area contributed by atoms with E-state index >= 15 is 0 Å². The van der Waals surface area contributed by atoms with Gasteiger partial charge in [-0.25, -0.2) is 0 Å². The average Bonchev–Trinajstić information content (AvgIpc) is 3.09. The van der Waals surface area contributed by atoms with E-state index in [-0.39, 0.29) is 5.56 Å². The summed E-state index contributed by atoms with van der Waals surface area (Å²) in [7, 11) is 0. The maximum Gasteiger partial charge on any atom is 0.416 e. The van der Waals surface area contributed by atoms with Gasteiger partial charge in [0, 0.05) is 24.3 Å². The summed E-state index contributed by atoms with van der Waals surface area (Å²) in [5.41, 5.74) is -0.287. The topological polar surface area (TPSA) is 48.0 Å². The van der Waals surface area contributed by atoms with Gasteiger partial charge >= 0.3 is 6.18 Å². The number of nitrogens with zero attached hydrogens (tertiary/aromatic N) is 2. The number of anilines is 1. The highest BCUT2D eigenvalue weighted by Crippen LogP contribution is 2.42. The molecule has 0 aromatic heterocycles. The van der Waals surface area contributed by atoms with Gasteiger partial charge in [0.25, 0.3) is 0 Å². The summed E-state index contributed by atoms with van der Waals surface area (Å²) in [5, 5.41) is 14.9. The molecule has 41 heavy (non-hydrogen) atoms. The van der Waals surface area contributed by atoms with E-state index in [0.29, 0.717) is 30.9 Å². The molecule has 0 bridgehead atoms. The van der Waals surface area contributed by atoms with Crippen molar-refractivity contribution in [1.29, 1.82) is 0 Å². The molecule has 3 rings (SSSR count). The SMILES string of the molecule is CCCC(NC(CC)CC)c1cccc(OCCCCN2C(S)N(c3ccc(C)c(C(F)(F)F)c3)C(O)C2(C)C)c1. The fourth-order valence-electron chi connectivity index (χ4n) is 5.66. The van der Waals surface area contributed by atoms with Crippen LogP contribution in [0.25, 0.3) is 0 Å². The zero-order valence-corrected chi connectivity index (χ0v) is 26.2. The molecule has 1 fully saturated rings. The third-order valence-electron chi connectivity index (χ3n) is 8.31. The summed E-state index contributed by atoms with van der Waals surface area (Å²) < 4.78 is 46.8. The molecule has 0 saturated carbocycles. The monoisotopic (exact) mass is 595 g/mol. The van der Waals surface area contributed by atoms with Crippen LogP contribution in [0.1, 0.15) is 95.9 Å². The van der Waals surface area contributed by atoms with Crippen molar-refractivity contribution in [3.63, 3.8) is 0 Å². The summed E-state index contributed by atoms with van der Waals surface area (Å²) in [4.78, 5) is 3.59. The van der Waals surface area contributed by atoms with Gasteiger partial charge in [-0.3, -0.25) is 4.90 Å². The second-order valence-corrected chi connectivity index (χ2v) is 12.1. The van der Waals surface area contributed by atoms with Crippen molar-refractivity contribution in [3.05, 3.63) is 59.2 Å². The Morgan fingerprint density at radius 2 is 1.78 bits per heavy atom. The smallest absolute Gasteiger partial charge is 0.416 e. The minimum atomic E-state index is -4.47. The molecule has 0 spiro atoms. The molecule has 9 heteroatoms. The van der Waals surface area contributed by atoms with Crippen LogP contribution in [0.15, 0.2) is 42.5 Å². The van der Waals surface area contributed by atoms with Gasteiger partial charge in [-0.2, -0.15) is 13.2 Å². The van der Waals surface area contributed by atoms with Gasteiger partial charge in [-0.05, 0) is 88.3 Å². The predicted molar refractivity (Wildman–Crippen MR) is 165 cm³/mol. The number of aryl methyl sites for hydroxylation is 1. The van der Waals surface area contributed by atoms with Crippen molar-refractivity contribution in [1.82, 2.24) is 10.2 Å². The number of alkyl halides is 3. The number of nitrogens with one attached hydrogen (secondary N) is 1. The Hall–Kier alpha value is -1.94. The van der Waals surface area contributed by atoms with Crippen molar-refractivity contribution < 1.29 is 23.0 Å². The van der Waals surface area contributed by atoms with E-state index in [1.54, 1.807) is 11.0 Å². The van der Waals surface area contributed by atoms with Crippen molar-refractivity contribution in [2.45, 2.75) is 116 Å². The largest absolute Gasteiger partial charge is 0.494 e. The Labute approximate surface area is 249 Å². The first-order chi connectivity index (χ1) is 19.3. The number of ether oxygens (including phenoxy) is 1. The zero-order valence-electron chi connectivity index (χ0n) is 25.3. The van der Waals surface area contributed by atoms with E-state index in [4.69, 9.17) is 17.4 Å². The highest BCUT2D eigenvalue weighted by Gasteiger charge is 2.50. The van der Waals surface area contributed by atoms with Crippen LogP contribution in [0.2, 0.25) is 0 Å². The predicted octanol–water partition coefficient (Wildman–Crippen LogP) is 7.92. The number of rotatable bonds is 14. The van der Waals surface area contributed by atoms with Gasteiger partial charge in [-0.15, -0.1) is 12.6 Å². The number of halogens is 3. The zero-order chi connectivity index (χ0) is 30.4. The van der Waals surface area contributed by atoms with Gasteiger partial charge in [0.1, 0.15) is 17.5 Å². The van der Waals surface area contributed by atoms with E-state index in [0.717, 1.165) is 50.3 Å². The molecular weight excluding hydrogens is 547 g/mol. The van der Waals surface area contributed by atoms with Crippen molar-refractivity contribution in [2.24, 2.45) is 0 Å². The molecule has 0 aliphatic carbocycles. The molecule has 1 aliphatic heterocycles. The standard InChI is InChI=1S/C32H48F3N3O2S/c1-7-13-28(36-24(8-2)9-3)23-14-12-15-26(20-23)40-19-11-10-18-37-30(41)38(29(39)31(37,5)6)25-17-16-22(4)27(21-25)32(33,34)35/h12,14-17,20-21,24,28-30,36,39,41H,7-11,13,18-19H2,1-6H3. The lowest BCUT2D eigenvalue weighted by Crippen LogP contribution is -2.47. The molecule has 3 atom stereocenters. The van der Waals surface area contributed by atoms with Crippen LogP contribution in [-0.2, 0) is 6.18 Å². The molecule has 1 saturated heterocycles. The highest BCUT2D eigenvalue weighted by molar-refractivity contribution is 7.81. The number of aliphatic hydroxyl groups excluding tert-OH is 1. The van der Waals surface area contributed by atoms with Crippen LogP contribution in [0.4, 0.5) is 18.9 Å². The molecule has 0 amide bonds. The van der Waals surface area contributed by atoms with E-state index in [2.05, 4.69) is 38.2 Å². The molecule has 3 unspecified atom stereocenters. The fraction of sp³-hybridized carbons (Fsp3) is 0.625. The summed E-state index contributed by atoms with van der Waals surface area (Å²) in [5.74, 6) is 0.852. The third-order valence-corrected chi connectivity index (χ3v) is 8.84. The summed E-state index contributed by atoms with van der Waals surface area (Å²) in [6.07, 6.45) is 0.465. The van der Waals surface area contributed by atoms with Gasteiger partial charge in [0.15, 0.2) is 0 Å². The Kier molecular flexibility index (Phi) is 11.9.